The minimum absolute atomic E-state index is 0.565. The number of fused-ring (bicyclic) bond motifs is 2. The van der Waals surface area contributed by atoms with Crippen LogP contribution in [0.25, 0.3) is 11.2 Å². The van der Waals surface area contributed by atoms with E-state index in [1.807, 2.05) is 18.2 Å². The maximum absolute atomic E-state index is 5.33. The van der Waals surface area contributed by atoms with E-state index in [4.69, 9.17) is 14.9 Å². The highest BCUT2D eigenvalue weighted by molar-refractivity contribution is 5.65. The first-order chi connectivity index (χ1) is 5.90. The van der Waals surface area contributed by atoms with Crippen LogP contribution in [-0.4, -0.2) is 13.2 Å². The number of ether oxygens (including phenoxy) is 1. The molecule has 2 heterocycles. The van der Waals surface area contributed by atoms with Crippen molar-refractivity contribution < 1.29 is 9.15 Å². The molecule has 3 nitrogen and oxygen atoms in total. The van der Waals surface area contributed by atoms with Crippen molar-refractivity contribution in [3.63, 3.8) is 0 Å². The molecule has 3 heteroatoms. The first-order valence-electron chi connectivity index (χ1n) is 3.99. The molecule has 2 bridgehead atoms. The maximum Gasteiger partial charge on any atom is 0.133 e. The summed E-state index contributed by atoms with van der Waals surface area (Å²) in [5, 5.41) is 0. The Bertz CT molecular complexity index is 342. The zero-order chi connectivity index (χ0) is 8.39. The molecule has 0 saturated carbocycles. The Morgan fingerprint density at radius 2 is 2.33 bits per heavy atom. The van der Waals surface area contributed by atoms with Gasteiger partial charge in [0.2, 0.25) is 0 Å². The predicted molar refractivity (Wildman–Crippen MR) is 46.1 cm³/mol. The van der Waals surface area contributed by atoms with E-state index in [1.165, 1.54) is 0 Å². The highest BCUT2D eigenvalue weighted by Crippen LogP contribution is 2.22. The molecule has 2 N–H and O–H groups in total. The number of rotatable bonds is 4. The van der Waals surface area contributed by atoms with E-state index < -0.39 is 0 Å². The van der Waals surface area contributed by atoms with Crippen LogP contribution in [0.4, 0.5) is 0 Å². The molecular weight excluding hydrogens is 154 g/mol. The van der Waals surface area contributed by atoms with Crippen LogP contribution >= 0.6 is 0 Å². The number of benzene rings is 1. The summed E-state index contributed by atoms with van der Waals surface area (Å²) >= 11 is 0. The molecule has 0 saturated heterocycles. The SMILES string of the molecule is NCCOCc1cc2ccc1o2. The number of nitrogens with two attached hydrogens (primary N) is 1. The summed E-state index contributed by atoms with van der Waals surface area (Å²) in [6, 6.07) is 5.89. The van der Waals surface area contributed by atoms with E-state index in [0.717, 1.165) is 16.7 Å². The first kappa shape index (κ1) is 7.58. The summed E-state index contributed by atoms with van der Waals surface area (Å²) in [5.74, 6) is 0. The summed E-state index contributed by atoms with van der Waals surface area (Å²) in [4.78, 5) is 0. The lowest BCUT2D eigenvalue weighted by Gasteiger charge is -1.98. The zero-order valence-corrected chi connectivity index (χ0v) is 6.75. The minimum atomic E-state index is 0.565. The molecule has 0 radical (unpaired) electrons. The minimum Gasteiger partial charge on any atom is -0.457 e. The van der Waals surface area contributed by atoms with E-state index in [1.54, 1.807) is 0 Å². The Labute approximate surface area is 70.4 Å². The van der Waals surface area contributed by atoms with Crippen LogP contribution in [0.5, 0.6) is 0 Å². The van der Waals surface area contributed by atoms with E-state index in [0.29, 0.717) is 19.8 Å². The number of hydrogen-bond acceptors (Lipinski definition) is 3. The number of furan rings is 2. The molecule has 0 spiro atoms. The van der Waals surface area contributed by atoms with Crippen molar-refractivity contribution in [2.75, 3.05) is 13.2 Å². The summed E-state index contributed by atoms with van der Waals surface area (Å²) in [6.45, 7) is 1.76. The van der Waals surface area contributed by atoms with Crippen LogP contribution in [0.3, 0.4) is 0 Å². The van der Waals surface area contributed by atoms with Crippen LogP contribution in [0.2, 0.25) is 0 Å². The molecule has 0 aliphatic heterocycles. The largest absolute Gasteiger partial charge is 0.457 e. The summed E-state index contributed by atoms with van der Waals surface area (Å²) in [5.41, 5.74) is 8.23. The second-order valence-electron chi connectivity index (χ2n) is 2.71. The van der Waals surface area contributed by atoms with Crippen molar-refractivity contribution in [1.82, 2.24) is 0 Å². The Morgan fingerprint density at radius 1 is 1.42 bits per heavy atom. The molecule has 2 aromatic rings. The molecule has 2 aromatic heterocycles. The van der Waals surface area contributed by atoms with Crippen molar-refractivity contribution in [2.45, 2.75) is 6.61 Å². The van der Waals surface area contributed by atoms with E-state index in [9.17, 15) is 0 Å². The third-order valence-electron chi connectivity index (χ3n) is 1.78. The quantitative estimate of drug-likeness (QED) is 0.695. The average molecular weight is 165 g/mol. The molecule has 2 rings (SSSR count). The molecule has 0 unspecified atom stereocenters. The van der Waals surface area contributed by atoms with Gasteiger partial charge in [0.05, 0.1) is 13.2 Å². The van der Waals surface area contributed by atoms with Gasteiger partial charge in [-0.25, -0.2) is 0 Å². The van der Waals surface area contributed by atoms with E-state index in [2.05, 4.69) is 0 Å². The molecule has 12 heavy (non-hydrogen) atoms. The van der Waals surface area contributed by atoms with Gasteiger partial charge in [0, 0.05) is 12.1 Å². The van der Waals surface area contributed by atoms with E-state index >= 15 is 0 Å². The smallest absolute Gasteiger partial charge is 0.133 e. The fourth-order valence-corrected chi connectivity index (χ4v) is 1.22. The van der Waals surface area contributed by atoms with Gasteiger partial charge >= 0.3 is 0 Å². The second-order valence-corrected chi connectivity index (χ2v) is 2.71. The molecule has 0 aliphatic carbocycles. The third-order valence-corrected chi connectivity index (χ3v) is 1.78. The van der Waals surface area contributed by atoms with Gasteiger partial charge in [0.15, 0.2) is 0 Å². The lowest BCUT2D eigenvalue weighted by molar-refractivity contribution is 0.129. The highest BCUT2D eigenvalue weighted by atomic mass is 16.5. The molecule has 0 amide bonds. The topological polar surface area (TPSA) is 48.4 Å². The standard InChI is InChI=1S/C9H11NO2/c10-3-4-11-6-7-5-8-1-2-9(7)12-8/h1-2,5H,3-4,6,10H2. The van der Waals surface area contributed by atoms with Gasteiger partial charge in [-0.05, 0) is 18.2 Å². The van der Waals surface area contributed by atoms with E-state index in [-0.39, 0.29) is 0 Å². The third kappa shape index (κ3) is 1.29. The fraction of sp³-hybridized carbons (Fsp3) is 0.333. The Hall–Kier alpha value is -1.06. The van der Waals surface area contributed by atoms with Crippen molar-refractivity contribution in [3.05, 3.63) is 23.8 Å². The molecule has 0 atom stereocenters. The molecule has 0 fully saturated rings. The molecular formula is C9H11NO2. The molecule has 0 aliphatic rings. The lowest BCUT2D eigenvalue weighted by Crippen LogP contribution is -2.07. The Kier molecular flexibility index (Phi) is 1.98. The van der Waals surface area contributed by atoms with Crippen LogP contribution < -0.4 is 5.73 Å². The zero-order valence-electron chi connectivity index (χ0n) is 6.75. The summed E-state index contributed by atoms with van der Waals surface area (Å²) < 4.78 is 10.6. The Morgan fingerprint density at radius 3 is 2.92 bits per heavy atom. The summed E-state index contributed by atoms with van der Waals surface area (Å²) in [6.07, 6.45) is 0. The number of hydrogen-bond donors (Lipinski definition) is 1. The second kappa shape index (κ2) is 3.13. The highest BCUT2D eigenvalue weighted by Gasteiger charge is 2.05. The van der Waals surface area contributed by atoms with Crippen molar-refractivity contribution >= 4 is 11.2 Å². The molecule has 64 valence electrons. The van der Waals surface area contributed by atoms with Gasteiger partial charge in [-0.1, -0.05) is 0 Å². The summed E-state index contributed by atoms with van der Waals surface area (Å²) in [7, 11) is 0. The fourth-order valence-electron chi connectivity index (χ4n) is 1.22. The van der Waals surface area contributed by atoms with Crippen LogP contribution in [0, 0.1) is 0 Å². The predicted octanol–water partition coefficient (Wildman–Crippen LogP) is 1.35. The maximum atomic E-state index is 5.33. The first-order valence-corrected chi connectivity index (χ1v) is 3.99. The van der Waals surface area contributed by atoms with Gasteiger partial charge in [-0.3, -0.25) is 0 Å². The van der Waals surface area contributed by atoms with Gasteiger partial charge in [-0.2, -0.15) is 0 Å². The Balaban J connectivity index is 1.99. The van der Waals surface area contributed by atoms with Gasteiger partial charge < -0.3 is 14.9 Å². The van der Waals surface area contributed by atoms with Gasteiger partial charge in [-0.15, -0.1) is 0 Å². The van der Waals surface area contributed by atoms with Gasteiger partial charge in [0.25, 0.3) is 0 Å². The van der Waals surface area contributed by atoms with Crippen LogP contribution in [0.1, 0.15) is 5.56 Å². The van der Waals surface area contributed by atoms with Crippen molar-refractivity contribution in [3.8, 4) is 0 Å². The van der Waals surface area contributed by atoms with Crippen molar-refractivity contribution in [1.29, 1.82) is 0 Å². The van der Waals surface area contributed by atoms with Crippen LogP contribution in [-0.2, 0) is 11.3 Å². The average Bonchev–Trinajstić information content (AvgIpc) is 2.65. The normalized spacial score (nSPS) is 11.4. The van der Waals surface area contributed by atoms with Crippen LogP contribution in [0.15, 0.2) is 22.6 Å². The van der Waals surface area contributed by atoms with Crippen molar-refractivity contribution in [2.24, 2.45) is 5.73 Å². The van der Waals surface area contributed by atoms with Gasteiger partial charge in [0.1, 0.15) is 11.2 Å². The monoisotopic (exact) mass is 165 g/mol. The lowest BCUT2D eigenvalue weighted by atomic mass is 10.2. The molecule has 0 aromatic carbocycles.